The first-order valence-electron chi connectivity index (χ1n) is 10.0. The SMILES string of the molecule is CS(=O)(=O)c1ccc(-c2ccc(-c3nc4cc(CCCC(=O)O)[nH]c4cc3F)cc2)cc1. The molecule has 0 saturated heterocycles. The van der Waals surface area contributed by atoms with Gasteiger partial charge in [0.1, 0.15) is 5.69 Å². The standard InChI is InChI=1S/C24H21FN2O4S/c1-32(30,31)19-11-9-16(10-12-19)15-5-7-17(8-6-15)24-20(25)14-22-21(27-24)13-18(26-22)3-2-4-23(28)29/h5-14,26H,2-4H2,1H3,(H,28,29). The Hall–Kier alpha value is -3.52. The summed E-state index contributed by atoms with van der Waals surface area (Å²) < 4.78 is 38.0. The molecule has 4 rings (SSSR count). The largest absolute Gasteiger partial charge is 0.481 e. The summed E-state index contributed by atoms with van der Waals surface area (Å²) in [7, 11) is -3.25. The van der Waals surface area contributed by atoms with Gasteiger partial charge in [-0.15, -0.1) is 0 Å². The first-order valence-corrected chi connectivity index (χ1v) is 11.9. The molecule has 0 aliphatic rings. The normalized spacial score (nSPS) is 11.7. The summed E-state index contributed by atoms with van der Waals surface area (Å²) in [4.78, 5) is 18.5. The third-order valence-electron chi connectivity index (χ3n) is 5.22. The lowest BCUT2D eigenvalue weighted by Gasteiger charge is -2.07. The molecule has 32 heavy (non-hydrogen) atoms. The minimum Gasteiger partial charge on any atom is -0.481 e. The summed E-state index contributed by atoms with van der Waals surface area (Å²) in [6.07, 6.45) is 2.28. The van der Waals surface area contributed by atoms with E-state index in [1.165, 1.54) is 12.3 Å². The Balaban J connectivity index is 1.58. The van der Waals surface area contributed by atoms with Crippen molar-refractivity contribution in [3.8, 4) is 22.4 Å². The van der Waals surface area contributed by atoms with Crippen molar-refractivity contribution < 1.29 is 22.7 Å². The van der Waals surface area contributed by atoms with Crippen LogP contribution in [0.1, 0.15) is 18.5 Å². The van der Waals surface area contributed by atoms with E-state index < -0.39 is 21.6 Å². The van der Waals surface area contributed by atoms with Crippen LogP contribution in [0.5, 0.6) is 0 Å². The molecular weight excluding hydrogens is 431 g/mol. The zero-order valence-electron chi connectivity index (χ0n) is 17.3. The zero-order valence-corrected chi connectivity index (χ0v) is 18.1. The number of fused-ring (bicyclic) bond motifs is 1. The van der Waals surface area contributed by atoms with Crippen LogP contribution in [0.15, 0.2) is 65.6 Å². The highest BCUT2D eigenvalue weighted by molar-refractivity contribution is 7.90. The number of halogens is 1. The van der Waals surface area contributed by atoms with Gasteiger partial charge < -0.3 is 10.1 Å². The maximum atomic E-state index is 14.7. The van der Waals surface area contributed by atoms with Crippen LogP contribution < -0.4 is 0 Å². The van der Waals surface area contributed by atoms with Gasteiger partial charge in [-0.2, -0.15) is 0 Å². The number of aliphatic carboxylic acids is 1. The third kappa shape index (κ3) is 4.70. The number of carboxylic acid groups (broad SMARTS) is 1. The minimum absolute atomic E-state index is 0.0751. The number of benzene rings is 2. The van der Waals surface area contributed by atoms with Gasteiger partial charge >= 0.3 is 5.97 Å². The molecule has 4 aromatic rings. The molecule has 2 N–H and O–H groups in total. The van der Waals surface area contributed by atoms with E-state index in [9.17, 15) is 17.6 Å². The molecule has 8 heteroatoms. The van der Waals surface area contributed by atoms with Crippen LogP contribution in [0.4, 0.5) is 4.39 Å². The average molecular weight is 453 g/mol. The van der Waals surface area contributed by atoms with E-state index in [1.54, 1.807) is 36.4 Å². The number of carboxylic acids is 1. The molecule has 0 atom stereocenters. The summed E-state index contributed by atoms with van der Waals surface area (Å²) >= 11 is 0. The molecule has 0 fully saturated rings. The van der Waals surface area contributed by atoms with E-state index in [0.717, 1.165) is 16.8 Å². The summed E-state index contributed by atoms with van der Waals surface area (Å²) in [5.41, 5.74) is 4.58. The van der Waals surface area contributed by atoms with Crippen molar-refractivity contribution in [3.63, 3.8) is 0 Å². The Kier molecular flexibility index (Phi) is 5.80. The zero-order chi connectivity index (χ0) is 22.9. The third-order valence-corrected chi connectivity index (χ3v) is 6.35. The Bertz CT molecular complexity index is 1390. The minimum atomic E-state index is -3.25. The number of H-pyrrole nitrogens is 1. The fourth-order valence-electron chi connectivity index (χ4n) is 3.57. The lowest BCUT2D eigenvalue weighted by molar-refractivity contribution is -0.137. The number of nitrogens with zero attached hydrogens (tertiary/aromatic N) is 1. The smallest absolute Gasteiger partial charge is 0.303 e. The number of aromatic amines is 1. The van der Waals surface area contributed by atoms with Crippen molar-refractivity contribution in [2.24, 2.45) is 0 Å². The number of hydrogen-bond acceptors (Lipinski definition) is 4. The highest BCUT2D eigenvalue weighted by atomic mass is 32.2. The molecule has 0 aliphatic heterocycles. The first kappa shape index (κ1) is 21.7. The number of nitrogens with one attached hydrogen (secondary N) is 1. The van der Waals surface area contributed by atoms with Crippen molar-refractivity contribution in [1.29, 1.82) is 0 Å². The van der Waals surface area contributed by atoms with Crippen molar-refractivity contribution in [3.05, 3.63) is 72.2 Å². The van der Waals surface area contributed by atoms with Crippen molar-refractivity contribution >= 4 is 26.8 Å². The number of pyridine rings is 1. The molecule has 6 nitrogen and oxygen atoms in total. The topological polar surface area (TPSA) is 100 Å². The van der Waals surface area contributed by atoms with Gasteiger partial charge in [-0.25, -0.2) is 17.8 Å². The summed E-state index contributed by atoms with van der Waals surface area (Å²) in [6.45, 7) is 0. The molecular formula is C24H21FN2O4S. The number of aromatic nitrogens is 2. The van der Waals surface area contributed by atoms with E-state index in [-0.39, 0.29) is 17.0 Å². The van der Waals surface area contributed by atoms with Gasteiger partial charge in [0.25, 0.3) is 0 Å². The van der Waals surface area contributed by atoms with Crippen molar-refractivity contribution in [2.75, 3.05) is 6.26 Å². The summed E-state index contributed by atoms with van der Waals surface area (Å²) in [5, 5.41) is 8.77. The lowest BCUT2D eigenvalue weighted by atomic mass is 10.0. The predicted molar refractivity (Wildman–Crippen MR) is 121 cm³/mol. The van der Waals surface area contributed by atoms with Crippen LogP contribution in [0.2, 0.25) is 0 Å². The van der Waals surface area contributed by atoms with Gasteiger partial charge in [0.15, 0.2) is 15.7 Å². The fraction of sp³-hybridized carbons (Fsp3) is 0.167. The number of carbonyl (C=O) groups is 1. The van der Waals surface area contributed by atoms with Gasteiger partial charge in [0.2, 0.25) is 0 Å². The Morgan fingerprint density at radius 2 is 1.59 bits per heavy atom. The van der Waals surface area contributed by atoms with Crippen LogP contribution in [-0.2, 0) is 21.1 Å². The quantitative estimate of drug-likeness (QED) is 0.418. The fourth-order valence-corrected chi connectivity index (χ4v) is 4.20. The monoisotopic (exact) mass is 452 g/mol. The highest BCUT2D eigenvalue weighted by Crippen LogP contribution is 2.28. The lowest BCUT2D eigenvalue weighted by Crippen LogP contribution is -1.96. The van der Waals surface area contributed by atoms with Gasteiger partial charge in [0.05, 0.1) is 15.9 Å². The molecule has 0 spiro atoms. The number of hydrogen-bond donors (Lipinski definition) is 2. The van der Waals surface area contributed by atoms with Crippen LogP contribution in [-0.4, -0.2) is 35.7 Å². The second-order valence-corrected chi connectivity index (χ2v) is 9.68. The summed E-state index contributed by atoms with van der Waals surface area (Å²) in [6, 6.07) is 17.0. The maximum Gasteiger partial charge on any atom is 0.303 e. The second-order valence-electron chi connectivity index (χ2n) is 7.67. The Morgan fingerprint density at radius 3 is 2.19 bits per heavy atom. The van der Waals surface area contributed by atoms with Crippen molar-refractivity contribution in [2.45, 2.75) is 24.2 Å². The molecule has 0 saturated carbocycles. The Morgan fingerprint density at radius 1 is 1.00 bits per heavy atom. The molecule has 164 valence electrons. The highest BCUT2D eigenvalue weighted by Gasteiger charge is 2.13. The van der Waals surface area contributed by atoms with Crippen LogP contribution in [0.25, 0.3) is 33.4 Å². The van der Waals surface area contributed by atoms with Gasteiger partial charge in [-0.3, -0.25) is 4.79 Å². The van der Waals surface area contributed by atoms with Crippen LogP contribution in [0.3, 0.4) is 0 Å². The summed E-state index contributed by atoms with van der Waals surface area (Å²) in [5.74, 6) is -1.30. The van der Waals surface area contributed by atoms with Crippen LogP contribution >= 0.6 is 0 Å². The van der Waals surface area contributed by atoms with E-state index in [1.807, 2.05) is 18.2 Å². The van der Waals surface area contributed by atoms with Gasteiger partial charge in [-0.05, 0) is 42.2 Å². The molecule has 2 aromatic carbocycles. The van der Waals surface area contributed by atoms with Crippen molar-refractivity contribution in [1.82, 2.24) is 9.97 Å². The van der Waals surface area contributed by atoms with Crippen LogP contribution in [0, 0.1) is 5.82 Å². The van der Waals surface area contributed by atoms with E-state index in [2.05, 4.69) is 9.97 Å². The molecule has 0 bridgehead atoms. The molecule has 0 amide bonds. The van der Waals surface area contributed by atoms with Gasteiger partial charge in [-0.1, -0.05) is 36.4 Å². The maximum absolute atomic E-state index is 14.7. The van der Waals surface area contributed by atoms with E-state index in [4.69, 9.17) is 5.11 Å². The molecule has 0 aliphatic carbocycles. The second kappa shape index (κ2) is 8.55. The Labute approximate surface area is 184 Å². The molecule has 0 radical (unpaired) electrons. The number of aryl methyl sites for hydroxylation is 1. The van der Waals surface area contributed by atoms with E-state index >= 15 is 0 Å². The van der Waals surface area contributed by atoms with Gasteiger partial charge in [0, 0.05) is 30.0 Å². The predicted octanol–water partition coefficient (Wildman–Crippen LogP) is 4.85. The van der Waals surface area contributed by atoms with E-state index in [0.29, 0.717) is 29.4 Å². The number of rotatable bonds is 7. The first-order chi connectivity index (χ1) is 15.2. The molecule has 0 unspecified atom stereocenters. The molecule has 2 heterocycles. The number of sulfone groups is 1. The molecule has 2 aromatic heterocycles. The average Bonchev–Trinajstić information content (AvgIpc) is 3.14.